The average molecular weight is 222 g/mol. The first-order chi connectivity index (χ1) is 5.63. The van der Waals surface area contributed by atoms with Crippen LogP contribution in [0.5, 0.6) is 0 Å². The van der Waals surface area contributed by atoms with Crippen molar-refractivity contribution in [3.05, 3.63) is 35.4 Å². The van der Waals surface area contributed by atoms with Gasteiger partial charge in [0.1, 0.15) is 0 Å². The summed E-state index contributed by atoms with van der Waals surface area (Å²) in [5, 5.41) is 17.1. The normalized spacial score (nSPS) is 8.62. The van der Waals surface area contributed by atoms with Gasteiger partial charge in [0.2, 0.25) is 0 Å². The molecule has 0 fully saturated rings. The van der Waals surface area contributed by atoms with Gasteiger partial charge in [-0.2, -0.15) is 0 Å². The van der Waals surface area contributed by atoms with Gasteiger partial charge in [-0.1, -0.05) is 12.1 Å². The van der Waals surface area contributed by atoms with Crippen LogP contribution in [0.25, 0.3) is 0 Å². The van der Waals surface area contributed by atoms with Crippen molar-refractivity contribution in [2.45, 2.75) is 0 Å². The zero-order chi connectivity index (χ0) is 9.14. The van der Waals surface area contributed by atoms with Gasteiger partial charge in [0.25, 0.3) is 0 Å². The molecule has 0 saturated heterocycles. The first kappa shape index (κ1) is 11.7. The fraction of sp³-hybridized carbons (Fsp3) is 0. The van der Waals surface area contributed by atoms with Crippen molar-refractivity contribution in [1.29, 1.82) is 0 Å². The minimum Gasteiger partial charge on any atom is -0.478 e. The van der Waals surface area contributed by atoms with E-state index >= 15 is 0 Å². The Labute approximate surface area is 84.7 Å². The van der Waals surface area contributed by atoms with Crippen LogP contribution in [-0.4, -0.2) is 22.2 Å². The third kappa shape index (κ3) is 2.57. The number of aromatic carboxylic acids is 2. The van der Waals surface area contributed by atoms with Crippen LogP contribution in [0, 0.1) is 0 Å². The Morgan fingerprint density at radius 3 is 1.46 bits per heavy atom. The molecule has 0 bridgehead atoms. The topological polar surface area (TPSA) is 74.6 Å². The molecule has 13 heavy (non-hydrogen) atoms. The van der Waals surface area contributed by atoms with Gasteiger partial charge in [-0.3, -0.25) is 0 Å². The molecule has 0 spiro atoms. The van der Waals surface area contributed by atoms with E-state index in [0.29, 0.717) is 0 Å². The van der Waals surface area contributed by atoms with Crippen LogP contribution in [0.4, 0.5) is 0 Å². The number of carboxylic acids is 2. The van der Waals surface area contributed by atoms with E-state index in [-0.39, 0.29) is 28.2 Å². The largest absolute Gasteiger partial charge is 2.00 e. The molecule has 0 amide bonds. The van der Waals surface area contributed by atoms with Crippen molar-refractivity contribution >= 4 is 11.9 Å². The molecule has 0 aliphatic carbocycles. The molecule has 5 heteroatoms. The maximum absolute atomic E-state index is 10.5. The monoisotopic (exact) mass is 222 g/mol. The van der Waals surface area contributed by atoms with E-state index < -0.39 is 11.9 Å². The Kier molecular flexibility index (Phi) is 4.17. The average Bonchev–Trinajstić information content (AvgIpc) is 2.04. The summed E-state index contributed by atoms with van der Waals surface area (Å²) in [4.78, 5) is 20.9. The zero-order valence-electron chi connectivity index (χ0n) is 6.37. The molecule has 68 valence electrons. The molecule has 0 unspecified atom stereocenters. The fourth-order valence-electron chi connectivity index (χ4n) is 0.856. The number of rotatable bonds is 2. The fourth-order valence-corrected chi connectivity index (χ4v) is 0.856. The van der Waals surface area contributed by atoms with Crippen LogP contribution in [0.1, 0.15) is 20.7 Å². The maximum atomic E-state index is 10.5. The van der Waals surface area contributed by atoms with E-state index in [1.165, 1.54) is 24.3 Å². The van der Waals surface area contributed by atoms with Gasteiger partial charge in [0.15, 0.2) is 0 Å². The van der Waals surface area contributed by atoms with Gasteiger partial charge in [0.05, 0.1) is 11.1 Å². The number of hydrogen-bond acceptors (Lipinski definition) is 2. The van der Waals surface area contributed by atoms with Gasteiger partial charge in [-0.15, -0.1) is 0 Å². The van der Waals surface area contributed by atoms with Crippen molar-refractivity contribution in [3.8, 4) is 0 Å². The number of carboxylic acid groups (broad SMARTS) is 2. The molecule has 2 N–H and O–H groups in total. The second kappa shape index (κ2) is 4.64. The summed E-state index contributed by atoms with van der Waals surface area (Å²) in [6, 6.07) is 5.48. The van der Waals surface area contributed by atoms with Crippen LogP contribution in [0.3, 0.4) is 0 Å². The summed E-state index contributed by atoms with van der Waals surface area (Å²) >= 11 is 0. The molecule has 1 aromatic rings. The second-order valence-corrected chi connectivity index (χ2v) is 2.16. The molecule has 1 rings (SSSR count). The van der Waals surface area contributed by atoms with E-state index in [4.69, 9.17) is 10.2 Å². The van der Waals surface area contributed by atoms with E-state index in [1.807, 2.05) is 0 Å². The minimum absolute atomic E-state index is 0. The van der Waals surface area contributed by atoms with Gasteiger partial charge >= 0.3 is 29.0 Å². The zero-order valence-corrected chi connectivity index (χ0v) is 7.48. The first-order valence-electron chi connectivity index (χ1n) is 3.18. The minimum atomic E-state index is -1.23. The van der Waals surface area contributed by atoms with Gasteiger partial charge in [-0.25, -0.2) is 9.59 Å². The van der Waals surface area contributed by atoms with E-state index in [2.05, 4.69) is 0 Å². The molecule has 0 aliphatic heterocycles. The number of carbonyl (C=O) groups is 2. The maximum Gasteiger partial charge on any atom is 2.00 e. The van der Waals surface area contributed by atoms with Crippen molar-refractivity contribution in [3.63, 3.8) is 0 Å². The van der Waals surface area contributed by atoms with Crippen LogP contribution >= 0.6 is 0 Å². The summed E-state index contributed by atoms with van der Waals surface area (Å²) in [7, 11) is 0. The van der Waals surface area contributed by atoms with Gasteiger partial charge in [-0.05, 0) is 12.1 Å². The van der Waals surface area contributed by atoms with Gasteiger partial charge < -0.3 is 10.2 Å². The summed E-state index contributed by atoms with van der Waals surface area (Å²) in [6.45, 7) is 0. The Morgan fingerprint density at radius 2 is 1.23 bits per heavy atom. The SMILES string of the molecule is O=C(O)c1ccccc1C(=O)O.[Fe+2]. The first-order valence-corrected chi connectivity index (χ1v) is 3.18. The quantitative estimate of drug-likeness (QED) is 0.734. The molecule has 4 nitrogen and oxygen atoms in total. The standard InChI is InChI=1S/C8H6O4.Fe/c9-7(10)5-3-1-2-4-6(5)8(11)12;/h1-4H,(H,9,10)(H,11,12);/q;+2. The van der Waals surface area contributed by atoms with E-state index in [1.54, 1.807) is 0 Å². The Balaban J connectivity index is 0.00000144. The van der Waals surface area contributed by atoms with Crippen LogP contribution in [-0.2, 0) is 17.1 Å². The van der Waals surface area contributed by atoms with E-state index in [0.717, 1.165) is 0 Å². The number of hydrogen-bond donors (Lipinski definition) is 2. The summed E-state index contributed by atoms with van der Waals surface area (Å²) in [5.41, 5.74) is -0.380. The summed E-state index contributed by atoms with van der Waals surface area (Å²) in [5.74, 6) is -2.46. The van der Waals surface area contributed by atoms with Crippen molar-refractivity contribution in [1.82, 2.24) is 0 Å². The molecule has 0 heterocycles. The van der Waals surface area contributed by atoms with Crippen molar-refractivity contribution in [2.24, 2.45) is 0 Å². The molecule has 1 aromatic carbocycles. The second-order valence-electron chi connectivity index (χ2n) is 2.16. The predicted molar refractivity (Wildman–Crippen MR) is 40.4 cm³/mol. The Hall–Kier alpha value is -1.32. The molecular weight excluding hydrogens is 216 g/mol. The van der Waals surface area contributed by atoms with Gasteiger partial charge in [0, 0.05) is 0 Å². The predicted octanol–water partition coefficient (Wildman–Crippen LogP) is 1.08. The third-order valence-electron chi connectivity index (χ3n) is 1.39. The summed E-state index contributed by atoms with van der Waals surface area (Å²) < 4.78 is 0. The molecule has 0 aromatic heterocycles. The van der Waals surface area contributed by atoms with Crippen LogP contribution in [0.2, 0.25) is 0 Å². The molecule has 0 radical (unpaired) electrons. The molecule has 0 aliphatic rings. The van der Waals surface area contributed by atoms with Crippen LogP contribution in [0.15, 0.2) is 24.3 Å². The Morgan fingerprint density at radius 1 is 0.923 bits per heavy atom. The molecular formula is C8H6FeO4+2. The van der Waals surface area contributed by atoms with Crippen molar-refractivity contribution in [2.75, 3.05) is 0 Å². The van der Waals surface area contributed by atoms with Crippen molar-refractivity contribution < 1.29 is 36.9 Å². The smallest absolute Gasteiger partial charge is 0.478 e. The summed E-state index contributed by atoms with van der Waals surface area (Å²) in [6.07, 6.45) is 0. The number of benzene rings is 1. The Bertz CT molecular complexity index is 302. The third-order valence-corrected chi connectivity index (χ3v) is 1.39. The van der Waals surface area contributed by atoms with E-state index in [9.17, 15) is 9.59 Å². The molecule has 0 atom stereocenters. The molecule has 0 saturated carbocycles. The van der Waals surface area contributed by atoms with Crippen LogP contribution < -0.4 is 0 Å².